The minimum absolute atomic E-state index is 0.0475. The molecule has 1 aromatic carbocycles. The molecule has 0 radical (unpaired) electrons. The van der Waals surface area contributed by atoms with Crippen LogP contribution < -0.4 is 15.5 Å². The Kier molecular flexibility index (Phi) is 4.41. The molecule has 158 valence electrons. The number of anilines is 1. The van der Waals surface area contributed by atoms with Crippen molar-refractivity contribution < 1.29 is 14.4 Å². The molecular weight excluding hydrogens is 384 g/mol. The molecule has 2 saturated heterocycles. The average Bonchev–Trinajstić information content (AvgIpc) is 3.48. The zero-order valence-corrected chi connectivity index (χ0v) is 17.1. The lowest BCUT2D eigenvalue weighted by Gasteiger charge is -2.36. The first-order chi connectivity index (χ1) is 14.5. The fourth-order valence-corrected chi connectivity index (χ4v) is 4.77. The molecule has 1 saturated carbocycles. The Labute approximate surface area is 174 Å². The van der Waals surface area contributed by atoms with E-state index in [0.717, 1.165) is 42.5 Å². The number of nitrogens with zero attached hydrogens (tertiary/aromatic N) is 4. The minimum Gasteiger partial charge on any atom is -0.368 e. The molecular formula is C21H26N6O3. The Bertz CT molecular complexity index is 1020. The van der Waals surface area contributed by atoms with Crippen LogP contribution >= 0.6 is 0 Å². The van der Waals surface area contributed by atoms with Gasteiger partial charge in [0.2, 0.25) is 5.91 Å². The first kappa shape index (κ1) is 18.9. The highest BCUT2D eigenvalue weighted by Crippen LogP contribution is 2.43. The van der Waals surface area contributed by atoms with E-state index in [9.17, 15) is 14.4 Å². The maximum atomic E-state index is 12.8. The Balaban J connectivity index is 1.18. The highest BCUT2D eigenvalue weighted by atomic mass is 16.2. The van der Waals surface area contributed by atoms with Gasteiger partial charge in [-0.2, -0.15) is 5.10 Å². The number of carbonyl (C=O) groups excluding carboxylic acids is 3. The van der Waals surface area contributed by atoms with Gasteiger partial charge in [0, 0.05) is 50.7 Å². The van der Waals surface area contributed by atoms with Crippen LogP contribution in [0.3, 0.4) is 0 Å². The normalized spacial score (nSPS) is 24.3. The van der Waals surface area contributed by atoms with E-state index in [4.69, 9.17) is 0 Å². The van der Waals surface area contributed by atoms with Gasteiger partial charge in [0.05, 0.1) is 11.7 Å². The monoisotopic (exact) mass is 410 g/mol. The van der Waals surface area contributed by atoms with Crippen molar-refractivity contribution >= 4 is 34.4 Å². The summed E-state index contributed by atoms with van der Waals surface area (Å²) in [4.78, 5) is 40.9. The summed E-state index contributed by atoms with van der Waals surface area (Å²) in [7, 11) is 1.93. The van der Waals surface area contributed by atoms with Crippen molar-refractivity contribution in [2.75, 3.05) is 31.1 Å². The number of carbonyl (C=O) groups is 3. The molecule has 9 nitrogen and oxygen atoms in total. The van der Waals surface area contributed by atoms with Gasteiger partial charge < -0.3 is 15.1 Å². The van der Waals surface area contributed by atoms with Crippen LogP contribution in [0.2, 0.25) is 0 Å². The molecule has 3 heterocycles. The third kappa shape index (κ3) is 3.18. The van der Waals surface area contributed by atoms with E-state index in [1.807, 2.05) is 22.8 Å². The number of fused-ring (bicyclic) bond motifs is 1. The molecule has 3 fully saturated rings. The largest absolute Gasteiger partial charge is 0.368 e. The molecule has 2 aliphatic heterocycles. The van der Waals surface area contributed by atoms with Gasteiger partial charge in [-0.1, -0.05) is 0 Å². The number of nitrogens with one attached hydrogen (secondary N) is 2. The second-order valence-electron chi connectivity index (χ2n) is 8.53. The van der Waals surface area contributed by atoms with Crippen molar-refractivity contribution in [2.45, 2.75) is 31.2 Å². The summed E-state index contributed by atoms with van der Waals surface area (Å²) in [6, 6.07) is 5.87. The van der Waals surface area contributed by atoms with Crippen LogP contribution in [-0.4, -0.2) is 64.2 Å². The van der Waals surface area contributed by atoms with Gasteiger partial charge in [-0.05, 0) is 43.4 Å². The summed E-state index contributed by atoms with van der Waals surface area (Å²) in [6.07, 6.45) is 4.34. The van der Waals surface area contributed by atoms with Gasteiger partial charge in [-0.3, -0.25) is 19.6 Å². The van der Waals surface area contributed by atoms with E-state index in [0.29, 0.717) is 19.5 Å². The number of aromatic nitrogens is 2. The summed E-state index contributed by atoms with van der Waals surface area (Å²) in [6.45, 7) is 2.84. The molecule has 0 spiro atoms. The van der Waals surface area contributed by atoms with Gasteiger partial charge in [0.15, 0.2) is 0 Å². The summed E-state index contributed by atoms with van der Waals surface area (Å²) < 4.78 is 1.86. The number of imide groups is 1. The molecule has 0 bridgehead atoms. The van der Waals surface area contributed by atoms with Crippen molar-refractivity contribution in [3.8, 4) is 0 Å². The van der Waals surface area contributed by atoms with Crippen LogP contribution in [-0.2, 0) is 16.6 Å². The Hall–Kier alpha value is -3.10. The Morgan fingerprint density at radius 3 is 2.63 bits per heavy atom. The minimum atomic E-state index is -0.895. The van der Waals surface area contributed by atoms with E-state index in [2.05, 4.69) is 38.8 Å². The third-order valence-corrected chi connectivity index (χ3v) is 6.70. The second kappa shape index (κ2) is 7.00. The van der Waals surface area contributed by atoms with E-state index >= 15 is 0 Å². The zero-order valence-electron chi connectivity index (χ0n) is 17.1. The van der Waals surface area contributed by atoms with Gasteiger partial charge in [-0.15, -0.1) is 0 Å². The van der Waals surface area contributed by atoms with E-state index in [1.54, 1.807) is 0 Å². The maximum absolute atomic E-state index is 12.8. The molecule has 5 rings (SSSR count). The number of amides is 4. The summed E-state index contributed by atoms with van der Waals surface area (Å²) in [5, 5.41) is 10.5. The Morgan fingerprint density at radius 2 is 1.97 bits per heavy atom. The first-order valence-electron chi connectivity index (χ1n) is 10.5. The molecule has 1 atom stereocenters. The summed E-state index contributed by atoms with van der Waals surface area (Å²) in [5.74, 6) is -0.0826. The summed E-state index contributed by atoms with van der Waals surface area (Å²) >= 11 is 0. The standard InChI is InChI=1S/C21H26N6O3/c1-25-17-5-4-16(12-14(17)13-22-25)26-8-10-27(11-9-26)18(28)6-7-21(15-2-3-15)19(29)23-20(30)24-21/h4-5,12-13,15H,2-3,6-11H2,1H3,(H2,23,24,29,30). The van der Waals surface area contributed by atoms with Gasteiger partial charge in [0.25, 0.3) is 5.91 Å². The van der Waals surface area contributed by atoms with Crippen LogP contribution in [0.5, 0.6) is 0 Å². The van der Waals surface area contributed by atoms with Gasteiger partial charge in [-0.25, -0.2) is 4.79 Å². The van der Waals surface area contributed by atoms with Crippen LogP contribution in [0, 0.1) is 5.92 Å². The molecule has 30 heavy (non-hydrogen) atoms. The topological polar surface area (TPSA) is 99.6 Å². The number of hydrogen-bond donors (Lipinski definition) is 2. The first-order valence-corrected chi connectivity index (χ1v) is 10.5. The second-order valence-corrected chi connectivity index (χ2v) is 8.53. The lowest BCUT2D eigenvalue weighted by molar-refractivity contribution is -0.132. The quantitative estimate of drug-likeness (QED) is 0.716. The van der Waals surface area contributed by atoms with Crippen LogP contribution in [0.15, 0.2) is 24.4 Å². The molecule has 1 unspecified atom stereocenters. The maximum Gasteiger partial charge on any atom is 0.322 e. The average molecular weight is 410 g/mol. The number of rotatable bonds is 5. The molecule has 2 N–H and O–H groups in total. The number of piperazine rings is 1. The summed E-state index contributed by atoms with van der Waals surface area (Å²) in [5.41, 5.74) is 1.34. The predicted octanol–water partition coefficient (Wildman–Crippen LogP) is 0.990. The Morgan fingerprint density at radius 1 is 1.20 bits per heavy atom. The highest BCUT2D eigenvalue weighted by molar-refractivity contribution is 6.07. The molecule has 3 aliphatic rings. The number of benzene rings is 1. The fourth-order valence-electron chi connectivity index (χ4n) is 4.77. The number of urea groups is 1. The van der Waals surface area contributed by atoms with Crippen LogP contribution in [0.4, 0.5) is 10.5 Å². The SMILES string of the molecule is Cn1ncc2cc(N3CCN(C(=O)CCC4(C5CC5)NC(=O)NC4=O)CC3)ccc21. The van der Waals surface area contributed by atoms with Crippen molar-refractivity contribution in [3.63, 3.8) is 0 Å². The van der Waals surface area contributed by atoms with Gasteiger partial charge in [0.1, 0.15) is 5.54 Å². The van der Waals surface area contributed by atoms with Crippen molar-refractivity contribution in [1.29, 1.82) is 0 Å². The smallest absolute Gasteiger partial charge is 0.322 e. The molecule has 4 amide bonds. The molecule has 1 aromatic heterocycles. The van der Waals surface area contributed by atoms with E-state index in [1.165, 1.54) is 0 Å². The van der Waals surface area contributed by atoms with Crippen molar-refractivity contribution in [3.05, 3.63) is 24.4 Å². The van der Waals surface area contributed by atoms with Crippen LogP contribution in [0.1, 0.15) is 25.7 Å². The van der Waals surface area contributed by atoms with Crippen LogP contribution in [0.25, 0.3) is 10.9 Å². The lowest BCUT2D eigenvalue weighted by atomic mass is 9.87. The number of hydrogen-bond acceptors (Lipinski definition) is 5. The number of aryl methyl sites for hydroxylation is 1. The van der Waals surface area contributed by atoms with E-state index in [-0.39, 0.29) is 24.2 Å². The van der Waals surface area contributed by atoms with E-state index < -0.39 is 11.6 Å². The molecule has 1 aliphatic carbocycles. The predicted molar refractivity (Wildman–Crippen MR) is 111 cm³/mol. The zero-order chi connectivity index (χ0) is 20.9. The molecule has 2 aromatic rings. The lowest BCUT2D eigenvalue weighted by Crippen LogP contribution is -2.51. The highest BCUT2D eigenvalue weighted by Gasteiger charge is 2.55. The van der Waals surface area contributed by atoms with Gasteiger partial charge >= 0.3 is 6.03 Å². The van der Waals surface area contributed by atoms with Crippen molar-refractivity contribution in [1.82, 2.24) is 25.3 Å². The van der Waals surface area contributed by atoms with Crippen molar-refractivity contribution in [2.24, 2.45) is 13.0 Å². The molecule has 9 heteroatoms. The third-order valence-electron chi connectivity index (χ3n) is 6.70. The fraction of sp³-hybridized carbons (Fsp3) is 0.524.